The number of pyridine rings is 1. The maximum Gasteiger partial charge on any atom is 0.323 e. The maximum atomic E-state index is 11.1. The number of carboxylic acids is 1. The monoisotopic (exact) mass is 259 g/mol. The van der Waals surface area contributed by atoms with Crippen molar-refractivity contribution in [2.75, 3.05) is 7.05 Å². The lowest BCUT2D eigenvalue weighted by Crippen LogP contribution is -2.32. The third-order valence-electron chi connectivity index (χ3n) is 3.92. The third kappa shape index (κ3) is 2.00. The van der Waals surface area contributed by atoms with Gasteiger partial charge in [0.2, 0.25) is 0 Å². The van der Waals surface area contributed by atoms with E-state index in [4.69, 9.17) is 5.11 Å². The Hall–Kier alpha value is -1.88. The number of carboxylic acid groups (broad SMARTS) is 1. The second-order valence-corrected chi connectivity index (χ2v) is 5.00. The highest BCUT2D eigenvalue weighted by molar-refractivity contribution is 5.83. The SMILES string of the molecule is CNC1CCc2c(c3ncccc3n2CC(=O)O)C1. The quantitative estimate of drug-likeness (QED) is 0.869. The van der Waals surface area contributed by atoms with Crippen LogP contribution in [0.3, 0.4) is 0 Å². The summed E-state index contributed by atoms with van der Waals surface area (Å²) in [4.78, 5) is 15.5. The van der Waals surface area contributed by atoms with E-state index in [1.165, 1.54) is 5.56 Å². The molecule has 1 atom stereocenters. The van der Waals surface area contributed by atoms with Gasteiger partial charge in [-0.25, -0.2) is 0 Å². The Bertz CT molecular complexity index is 633. The Labute approximate surface area is 111 Å². The zero-order valence-electron chi connectivity index (χ0n) is 10.9. The van der Waals surface area contributed by atoms with Crippen LogP contribution in [-0.4, -0.2) is 33.7 Å². The normalized spacial score (nSPS) is 18.5. The summed E-state index contributed by atoms with van der Waals surface area (Å²) >= 11 is 0. The first-order chi connectivity index (χ1) is 9.20. The van der Waals surface area contributed by atoms with E-state index in [0.29, 0.717) is 6.04 Å². The van der Waals surface area contributed by atoms with Crippen LogP contribution in [0.4, 0.5) is 0 Å². The van der Waals surface area contributed by atoms with Crippen molar-refractivity contribution in [3.63, 3.8) is 0 Å². The summed E-state index contributed by atoms with van der Waals surface area (Å²) in [6.07, 6.45) is 4.65. The average molecular weight is 259 g/mol. The van der Waals surface area contributed by atoms with Crippen molar-refractivity contribution in [1.82, 2.24) is 14.9 Å². The second kappa shape index (κ2) is 4.66. The van der Waals surface area contributed by atoms with Crippen LogP contribution in [0.1, 0.15) is 17.7 Å². The molecule has 2 heterocycles. The largest absolute Gasteiger partial charge is 0.480 e. The lowest BCUT2D eigenvalue weighted by molar-refractivity contribution is -0.137. The highest BCUT2D eigenvalue weighted by atomic mass is 16.4. The molecule has 0 saturated heterocycles. The van der Waals surface area contributed by atoms with Crippen molar-refractivity contribution in [2.45, 2.75) is 31.8 Å². The summed E-state index contributed by atoms with van der Waals surface area (Å²) in [6.45, 7) is 0.0156. The van der Waals surface area contributed by atoms with E-state index >= 15 is 0 Å². The topological polar surface area (TPSA) is 67.2 Å². The summed E-state index contributed by atoms with van der Waals surface area (Å²) in [7, 11) is 1.97. The van der Waals surface area contributed by atoms with Crippen molar-refractivity contribution < 1.29 is 9.90 Å². The molecule has 2 aromatic heterocycles. The number of carbonyl (C=O) groups is 1. The minimum absolute atomic E-state index is 0.0156. The molecule has 0 aliphatic heterocycles. The maximum absolute atomic E-state index is 11.1. The van der Waals surface area contributed by atoms with Crippen LogP contribution >= 0.6 is 0 Å². The van der Waals surface area contributed by atoms with Gasteiger partial charge in [0, 0.05) is 23.5 Å². The van der Waals surface area contributed by atoms with Gasteiger partial charge in [-0.3, -0.25) is 9.78 Å². The Morgan fingerprint density at radius 3 is 3.21 bits per heavy atom. The molecule has 2 N–H and O–H groups in total. The molecule has 100 valence electrons. The van der Waals surface area contributed by atoms with Crippen molar-refractivity contribution in [2.24, 2.45) is 0 Å². The number of hydrogen-bond donors (Lipinski definition) is 2. The van der Waals surface area contributed by atoms with Crippen molar-refractivity contribution >= 4 is 17.0 Å². The van der Waals surface area contributed by atoms with Gasteiger partial charge >= 0.3 is 5.97 Å². The standard InChI is InChI=1S/C14H17N3O2/c1-15-9-4-5-11-10(7-9)14-12(3-2-6-16-14)17(11)8-13(18)19/h2-3,6,9,15H,4-5,7-8H2,1H3,(H,18,19). The summed E-state index contributed by atoms with van der Waals surface area (Å²) in [6, 6.07) is 4.28. The molecule has 5 nitrogen and oxygen atoms in total. The first kappa shape index (κ1) is 12.2. The molecule has 1 aliphatic carbocycles. The van der Waals surface area contributed by atoms with E-state index in [9.17, 15) is 4.79 Å². The van der Waals surface area contributed by atoms with Gasteiger partial charge in [-0.05, 0) is 38.4 Å². The van der Waals surface area contributed by atoms with Gasteiger partial charge in [-0.15, -0.1) is 0 Å². The lowest BCUT2D eigenvalue weighted by Gasteiger charge is -2.23. The molecule has 1 aliphatic rings. The third-order valence-corrected chi connectivity index (χ3v) is 3.92. The summed E-state index contributed by atoms with van der Waals surface area (Å²) in [5.41, 5.74) is 4.25. The van der Waals surface area contributed by atoms with E-state index in [1.54, 1.807) is 6.20 Å². The van der Waals surface area contributed by atoms with Gasteiger partial charge in [0.15, 0.2) is 0 Å². The van der Waals surface area contributed by atoms with Crippen LogP contribution in [0.5, 0.6) is 0 Å². The predicted octanol–water partition coefficient (Wildman–Crippen LogP) is 1.20. The Balaban J connectivity index is 2.18. The number of aromatic nitrogens is 2. The zero-order valence-corrected chi connectivity index (χ0v) is 10.9. The lowest BCUT2D eigenvalue weighted by atomic mass is 9.93. The van der Waals surface area contributed by atoms with E-state index < -0.39 is 5.97 Å². The van der Waals surface area contributed by atoms with Crippen molar-refractivity contribution in [3.8, 4) is 0 Å². The van der Waals surface area contributed by atoms with E-state index in [-0.39, 0.29) is 6.54 Å². The van der Waals surface area contributed by atoms with Crippen LogP contribution in [0.2, 0.25) is 0 Å². The average Bonchev–Trinajstić information content (AvgIpc) is 2.73. The van der Waals surface area contributed by atoms with Crippen molar-refractivity contribution in [1.29, 1.82) is 0 Å². The molecule has 0 fully saturated rings. The second-order valence-electron chi connectivity index (χ2n) is 5.00. The van der Waals surface area contributed by atoms with Gasteiger partial charge in [0.25, 0.3) is 0 Å². The van der Waals surface area contributed by atoms with Crippen molar-refractivity contribution in [3.05, 3.63) is 29.6 Å². The van der Waals surface area contributed by atoms with Gasteiger partial charge in [0.05, 0.1) is 11.0 Å². The molecule has 3 rings (SSSR count). The molecule has 1 unspecified atom stereocenters. The number of hydrogen-bond acceptors (Lipinski definition) is 3. The smallest absolute Gasteiger partial charge is 0.323 e. The van der Waals surface area contributed by atoms with Crippen LogP contribution in [0.25, 0.3) is 11.0 Å². The molecule has 0 radical (unpaired) electrons. The molecule has 0 saturated carbocycles. The van der Waals surface area contributed by atoms with E-state index in [2.05, 4.69) is 10.3 Å². The minimum Gasteiger partial charge on any atom is -0.480 e. The molecule has 19 heavy (non-hydrogen) atoms. The molecule has 0 bridgehead atoms. The number of fused-ring (bicyclic) bond motifs is 3. The number of nitrogens with zero attached hydrogens (tertiary/aromatic N) is 2. The number of nitrogens with one attached hydrogen (secondary N) is 1. The van der Waals surface area contributed by atoms with Gasteiger partial charge in [0.1, 0.15) is 6.54 Å². The first-order valence-corrected chi connectivity index (χ1v) is 6.54. The van der Waals surface area contributed by atoms with Crippen LogP contribution in [0, 0.1) is 0 Å². The van der Waals surface area contributed by atoms with Crippen LogP contribution < -0.4 is 5.32 Å². The molecule has 0 amide bonds. The fourth-order valence-corrected chi connectivity index (χ4v) is 3.01. The Morgan fingerprint density at radius 1 is 1.63 bits per heavy atom. The molecule has 0 spiro atoms. The first-order valence-electron chi connectivity index (χ1n) is 6.54. The molecule has 5 heteroatoms. The molecular formula is C14H17N3O2. The number of likely N-dealkylation sites (N-methyl/N-ethyl adjacent to an activating group) is 1. The fraction of sp³-hybridized carbons (Fsp3) is 0.429. The summed E-state index contributed by atoms with van der Waals surface area (Å²) in [5, 5.41) is 12.4. The fourth-order valence-electron chi connectivity index (χ4n) is 3.01. The Morgan fingerprint density at radius 2 is 2.47 bits per heavy atom. The minimum atomic E-state index is -0.806. The van der Waals surface area contributed by atoms with Gasteiger partial charge < -0.3 is 15.0 Å². The summed E-state index contributed by atoms with van der Waals surface area (Å²) in [5.74, 6) is -0.806. The number of aliphatic carboxylic acids is 1. The molecule has 2 aromatic rings. The molecule has 0 aromatic carbocycles. The van der Waals surface area contributed by atoms with Gasteiger partial charge in [-0.2, -0.15) is 0 Å². The zero-order chi connectivity index (χ0) is 13.4. The molecular weight excluding hydrogens is 242 g/mol. The van der Waals surface area contributed by atoms with E-state index in [1.807, 2.05) is 23.7 Å². The highest BCUT2D eigenvalue weighted by Crippen LogP contribution is 2.30. The van der Waals surface area contributed by atoms with E-state index in [0.717, 1.165) is 36.0 Å². The summed E-state index contributed by atoms with van der Waals surface area (Å²) < 4.78 is 1.91. The van der Waals surface area contributed by atoms with Crippen LogP contribution in [-0.2, 0) is 24.2 Å². The highest BCUT2D eigenvalue weighted by Gasteiger charge is 2.25. The van der Waals surface area contributed by atoms with Gasteiger partial charge in [-0.1, -0.05) is 0 Å². The predicted molar refractivity (Wildman–Crippen MR) is 72.2 cm³/mol. The number of rotatable bonds is 3. The Kier molecular flexibility index (Phi) is 2.98. The van der Waals surface area contributed by atoms with Crippen LogP contribution in [0.15, 0.2) is 18.3 Å².